The molecule has 0 aliphatic carbocycles. The first-order chi connectivity index (χ1) is 10.9. The van der Waals surface area contributed by atoms with Crippen LogP contribution in [0.4, 0.5) is 0 Å². The normalized spacial score (nSPS) is 14.0. The van der Waals surface area contributed by atoms with Gasteiger partial charge in [-0.15, -0.1) is 5.54 Å². The maximum atomic E-state index is 10.1. The van der Waals surface area contributed by atoms with Crippen LogP contribution in [-0.4, -0.2) is 23.9 Å². The lowest BCUT2D eigenvalue weighted by Gasteiger charge is -2.38. The minimum absolute atomic E-state index is 0.612. The second-order valence-electron chi connectivity index (χ2n) is 8.33. The van der Waals surface area contributed by atoms with Crippen molar-refractivity contribution in [3.8, 4) is 11.5 Å². The first kappa shape index (κ1) is 21.0. The molecule has 1 aromatic rings. The van der Waals surface area contributed by atoms with Crippen molar-refractivity contribution in [3.63, 3.8) is 0 Å². The Bertz CT molecular complexity index is 561. The smallest absolute Gasteiger partial charge is 0.146 e. The van der Waals surface area contributed by atoms with Crippen LogP contribution in [0.5, 0.6) is 0 Å². The van der Waals surface area contributed by atoms with Crippen molar-refractivity contribution in [2.45, 2.75) is 83.7 Å². The van der Waals surface area contributed by atoms with Crippen LogP contribution in [-0.2, 0) is 0 Å². The summed E-state index contributed by atoms with van der Waals surface area (Å²) in [6.45, 7) is 17.1. The van der Waals surface area contributed by atoms with Crippen LogP contribution in [0.2, 0.25) is 16.6 Å². The molecule has 0 aromatic heterocycles. The lowest BCUT2D eigenvalue weighted by Crippen LogP contribution is -2.43. The average Bonchev–Trinajstić information content (AvgIpc) is 2.45. The summed E-state index contributed by atoms with van der Waals surface area (Å²) >= 11 is 0. The van der Waals surface area contributed by atoms with Crippen molar-refractivity contribution in [1.29, 1.82) is 0 Å². The van der Waals surface area contributed by atoms with E-state index in [9.17, 15) is 10.2 Å². The maximum Gasteiger partial charge on any atom is 0.146 e. The fraction of sp³-hybridized carbons (Fsp3) is 0.619. The van der Waals surface area contributed by atoms with Gasteiger partial charge in [0.25, 0.3) is 0 Å². The molecule has 0 bridgehead atoms. The first-order valence-electron chi connectivity index (χ1n) is 8.96. The molecule has 1 aromatic carbocycles. The van der Waals surface area contributed by atoms with Crippen molar-refractivity contribution in [2.24, 2.45) is 0 Å². The molecular weight excluding hydrogens is 312 g/mol. The molecule has 1 rings (SSSR count). The van der Waals surface area contributed by atoms with E-state index in [4.69, 9.17) is 0 Å². The third kappa shape index (κ3) is 4.50. The van der Waals surface area contributed by atoms with Gasteiger partial charge in [-0.05, 0) is 48.2 Å². The number of rotatable bonds is 5. The molecule has 0 heterocycles. The van der Waals surface area contributed by atoms with Gasteiger partial charge in [-0.25, -0.2) is 0 Å². The highest BCUT2D eigenvalue weighted by Gasteiger charge is 2.41. The van der Waals surface area contributed by atoms with E-state index in [1.54, 1.807) is 13.8 Å². The summed E-state index contributed by atoms with van der Waals surface area (Å²) < 4.78 is 0. The highest BCUT2D eigenvalue weighted by atomic mass is 28.3. The van der Waals surface area contributed by atoms with Crippen LogP contribution in [0.25, 0.3) is 0 Å². The molecule has 3 heteroatoms. The zero-order valence-electron chi connectivity index (χ0n) is 16.5. The Hall–Kier alpha value is -1.08. The van der Waals surface area contributed by atoms with E-state index in [2.05, 4.69) is 53.0 Å². The molecule has 0 aliphatic rings. The molecule has 24 heavy (non-hydrogen) atoms. The Balaban J connectivity index is 3.16. The molecule has 1 atom stereocenters. The Labute approximate surface area is 149 Å². The van der Waals surface area contributed by atoms with E-state index in [0.29, 0.717) is 22.2 Å². The summed E-state index contributed by atoms with van der Waals surface area (Å²) in [7, 11) is -1.73. The summed E-state index contributed by atoms with van der Waals surface area (Å²) in [6.07, 6.45) is -0.894. The summed E-state index contributed by atoms with van der Waals surface area (Å²) in [4.78, 5) is 0. The minimum Gasteiger partial charge on any atom is -0.387 e. The van der Waals surface area contributed by atoms with Crippen LogP contribution < -0.4 is 0 Å². The molecular formula is C21H34O2Si. The van der Waals surface area contributed by atoms with Crippen molar-refractivity contribution >= 4 is 8.07 Å². The predicted octanol–water partition coefficient (Wildman–Crippen LogP) is 5.06. The number of aliphatic hydroxyl groups excluding tert-OH is 1. The molecule has 2 nitrogen and oxygen atoms in total. The number of aliphatic hydroxyl groups is 2. The Morgan fingerprint density at radius 1 is 0.875 bits per heavy atom. The lowest BCUT2D eigenvalue weighted by atomic mass is 9.94. The van der Waals surface area contributed by atoms with E-state index in [-0.39, 0.29) is 0 Å². The Morgan fingerprint density at radius 2 is 1.29 bits per heavy atom. The SMILES string of the molecule is CC(C)[Si](C#Cc1ccc(C(O)C(C)(C)O)cc1)(C(C)C)C(C)C. The van der Waals surface area contributed by atoms with Gasteiger partial charge in [0.1, 0.15) is 14.2 Å². The summed E-state index contributed by atoms with van der Waals surface area (Å²) in [5.41, 5.74) is 6.08. The molecule has 2 N–H and O–H groups in total. The molecule has 0 amide bonds. The molecule has 0 fully saturated rings. The minimum atomic E-state index is -1.73. The van der Waals surface area contributed by atoms with Gasteiger partial charge in [-0.1, -0.05) is 59.6 Å². The first-order valence-corrected chi connectivity index (χ1v) is 11.2. The van der Waals surface area contributed by atoms with Gasteiger partial charge in [-0.3, -0.25) is 0 Å². The maximum absolute atomic E-state index is 10.1. The van der Waals surface area contributed by atoms with Crippen molar-refractivity contribution in [2.75, 3.05) is 0 Å². The highest BCUT2D eigenvalue weighted by Crippen LogP contribution is 2.40. The van der Waals surface area contributed by atoms with Gasteiger partial charge in [0.15, 0.2) is 0 Å². The third-order valence-corrected chi connectivity index (χ3v) is 11.5. The number of hydrogen-bond donors (Lipinski definition) is 2. The van der Waals surface area contributed by atoms with Gasteiger partial charge in [0.2, 0.25) is 0 Å². The number of hydrogen-bond acceptors (Lipinski definition) is 2. The van der Waals surface area contributed by atoms with Crippen molar-refractivity contribution in [3.05, 3.63) is 35.4 Å². The van der Waals surface area contributed by atoms with E-state index in [1.807, 2.05) is 24.3 Å². The summed E-state index contributed by atoms with van der Waals surface area (Å²) in [5, 5.41) is 20.1. The highest BCUT2D eigenvalue weighted by molar-refractivity contribution is 6.90. The fourth-order valence-corrected chi connectivity index (χ4v) is 9.00. The quantitative estimate of drug-likeness (QED) is 0.578. The lowest BCUT2D eigenvalue weighted by molar-refractivity contribution is -0.0496. The van der Waals surface area contributed by atoms with Crippen LogP contribution in [0.15, 0.2) is 24.3 Å². The van der Waals surface area contributed by atoms with Gasteiger partial charge in [0, 0.05) is 5.56 Å². The van der Waals surface area contributed by atoms with E-state index >= 15 is 0 Å². The third-order valence-electron chi connectivity index (χ3n) is 5.18. The van der Waals surface area contributed by atoms with E-state index in [1.165, 1.54) is 0 Å². The summed E-state index contributed by atoms with van der Waals surface area (Å²) in [6, 6.07) is 7.60. The topological polar surface area (TPSA) is 40.5 Å². The molecule has 0 radical (unpaired) electrons. The molecule has 0 saturated heterocycles. The Kier molecular flexibility index (Phi) is 6.87. The van der Waals surface area contributed by atoms with Crippen LogP contribution in [0, 0.1) is 11.5 Å². The molecule has 0 aliphatic heterocycles. The predicted molar refractivity (Wildman–Crippen MR) is 106 cm³/mol. The molecule has 1 unspecified atom stereocenters. The van der Waals surface area contributed by atoms with E-state index < -0.39 is 19.8 Å². The van der Waals surface area contributed by atoms with Crippen LogP contribution >= 0.6 is 0 Å². The van der Waals surface area contributed by atoms with Crippen molar-refractivity contribution < 1.29 is 10.2 Å². The standard InChI is InChI=1S/C21H34O2Si/c1-15(2)24(16(3)4,17(5)6)14-13-18-9-11-19(12-10-18)20(22)21(7,8)23/h9-12,15-17,20,22-23H,1-8H3. The zero-order valence-corrected chi connectivity index (χ0v) is 17.5. The molecule has 0 saturated carbocycles. The second kappa shape index (κ2) is 7.87. The largest absolute Gasteiger partial charge is 0.387 e. The van der Waals surface area contributed by atoms with Crippen LogP contribution in [0.1, 0.15) is 72.6 Å². The fourth-order valence-electron chi connectivity index (χ4n) is 3.77. The van der Waals surface area contributed by atoms with Gasteiger partial charge in [-0.2, -0.15) is 0 Å². The second-order valence-corrected chi connectivity index (χ2v) is 13.9. The molecule has 134 valence electrons. The van der Waals surface area contributed by atoms with Gasteiger partial charge in [0.05, 0.1) is 5.60 Å². The zero-order chi connectivity index (χ0) is 18.7. The van der Waals surface area contributed by atoms with Gasteiger partial charge >= 0.3 is 0 Å². The van der Waals surface area contributed by atoms with Gasteiger partial charge < -0.3 is 10.2 Å². The molecule has 0 spiro atoms. The Morgan fingerprint density at radius 3 is 1.62 bits per heavy atom. The van der Waals surface area contributed by atoms with Crippen molar-refractivity contribution in [1.82, 2.24) is 0 Å². The monoisotopic (exact) mass is 346 g/mol. The van der Waals surface area contributed by atoms with E-state index in [0.717, 1.165) is 5.56 Å². The average molecular weight is 347 g/mol. The van der Waals surface area contributed by atoms with Crippen LogP contribution in [0.3, 0.4) is 0 Å². The summed E-state index contributed by atoms with van der Waals surface area (Å²) in [5.74, 6) is 3.40. The number of benzene rings is 1.